The molecule has 1 aromatic heterocycles. The Labute approximate surface area is 302 Å². The fourth-order valence-corrected chi connectivity index (χ4v) is 6.86. The molecule has 0 bridgehead atoms. The number of anilines is 2. The number of hydrogen-bond acceptors (Lipinski definition) is 2. The first kappa shape index (κ1) is 33.6. The average molecular weight is 664 g/mol. The molecule has 0 saturated carbocycles. The van der Waals surface area contributed by atoms with Crippen molar-refractivity contribution in [3.63, 3.8) is 0 Å². The Balaban J connectivity index is 1.49. The Morgan fingerprint density at radius 1 is 0.824 bits per heavy atom. The number of benzene rings is 5. The quantitative estimate of drug-likeness (QED) is 0.151. The first-order valence-electron chi connectivity index (χ1n) is 18.0. The molecule has 0 aliphatic carbocycles. The molecule has 0 spiro atoms. The number of para-hydroxylation sites is 4. The molecule has 0 fully saturated rings. The molecule has 2 heterocycles. The van der Waals surface area contributed by atoms with Crippen LogP contribution in [-0.2, 0) is 0 Å². The average Bonchev–Trinajstić information content (AvgIpc) is 3.58. The molecule has 0 N–H and O–H groups in total. The molecule has 51 heavy (non-hydrogen) atoms. The first-order valence-corrected chi connectivity index (χ1v) is 18.0. The van der Waals surface area contributed by atoms with Gasteiger partial charge in [-0.05, 0) is 101 Å². The standard InChI is InChI=1S/C48H45N3/c1-6-37(29-39(34(2)3)30-38-21-13-12-19-35(38)4)40-31-41(48-49-45-25-15-17-27-47(45)51(48)42-22-10-7-11-23-42)33-43(32-40)50-28-18-8-9-20-36(5)44-24-14-16-26-46(44)50/h7-27,29-34H,5-6,28H2,1-4H3/b18-8-,20-9-,37-29+,39-30-. The minimum Gasteiger partial charge on any atom is -0.337 e. The van der Waals surface area contributed by atoms with Gasteiger partial charge in [0.25, 0.3) is 0 Å². The third-order valence-electron chi connectivity index (χ3n) is 9.71. The zero-order valence-electron chi connectivity index (χ0n) is 30.1. The number of hydrogen-bond donors (Lipinski definition) is 0. The van der Waals surface area contributed by atoms with Crippen molar-refractivity contribution < 1.29 is 0 Å². The predicted octanol–water partition coefficient (Wildman–Crippen LogP) is 12.8. The van der Waals surface area contributed by atoms with Gasteiger partial charge < -0.3 is 4.90 Å². The Hall–Kier alpha value is -5.93. The van der Waals surface area contributed by atoms with E-state index in [2.05, 4.69) is 202 Å². The van der Waals surface area contributed by atoms with Crippen molar-refractivity contribution in [3.8, 4) is 17.1 Å². The molecule has 0 unspecified atom stereocenters. The van der Waals surface area contributed by atoms with Crippen LogP contribution in [-0.4, -0.2) is 16.1 Å². The summed E-state index contributed by atoms with van der Waals surface area (Å²) in [6, 6.07) is 43.2. The van der Waals surface area contributed by atoms with Crippen LogP contribution in [0.1, 0.15) is 49.4 Å². The van der Waals surface area contributed by atoms with Crippen LogP contribution in [0.25, 0.3) is 45.3 Å². The summed E-state index contributed by atoms with van der Waals surface area (Å²) in [5, 5.41) is 0. The second-order valence-electron chi connectivity index (χ2n) is 13.5. The van der Waals surface area contributed by atoms with Crippen LogP contribution in [0.15, 0.2) is 164 Å². The summed E-state index contributed by atoms with van der Waals surface area (Å²) in [6.45, 7) is 14.2. The molecule has 0 saturated heterocycles. The van der Waals surface area contributed by atoms with Gasteiger partial charge in [0.05, 0.1) is 11.0 Å². The smallest absolute Gasteiger partial charge is 0.145 e. The lowest BCUT2D eigenvalue weighted by molar-refractivity contribution is 0.797. The van der Waals surface area contributed by atoms with E-state index in [-0.39, 0.29) is 0 Å². The molecule has 1 aliphatic rings. The predicted molar refractivity (Wildman–Crippen MR) is 220 cm³/mol. The Morgan fingerprint density at radius 2 is 1.57 bits per heavy atom. The van der Waals surface area contributed by atoms with Crippen molar-refractivity contribution in [1.82, 2.24) is 9.55 Å². The molecule has 3 nitrogen and oxygen atoms in total. The lowest BCUT2D eigenvalue weighted by Crippen LogP contribution is -2.18. The number of imidazole rings is 1. The fraction of sp³-hybridized carbons (Fsp3) is 0.146. The van der Waals surface area contributed by atoms with Crippen molar-refractivity contribution in [2.24, 2.45) is 5.92 Å². The molecule has 252 valence electrons. The zero-order chi connectivity index (χ0) is 35.3. The van der Waals surface area contributed by atoms with Crippen molar-refractivity contribution >= 4 is 39.6 Å². The van der Waals surface area contributed by atoms with Gasteiger partial charge in [0, 0.05) is 34.7 Å². The Bertz CT molecular complexity index is 2330. The molecule has 1 aliphatic heterocycles. The minimum atomic E-state index is 0.352. The van der Waals surface area contributed by atoms with E-state index in [0.29, 0.717) is 12.5 Å². The molecular weight excluding hydrogens is 619 g/mol. The lowest BCUT2D eigenvalue weighted by Gasteiger charge is -2.28. The largest absolute Gasteiger partial charge is 0.337 e. The zero-order valence-corrected chi connectivity index (χ0v) is 30.1. The second kappa shape index (κ2) is 14.9. The summed E-state index contributed by atoms with van der Waals surface area (Å²) in [5.41, 5.74) is 14.9. The van der Waals surface area contributed by atoms with Gasteiger partial charge in [0.2, 0.25) is 0 Å². The van der Waals surface area contributed by atoms with E-state index in [9.17, 15) is 0 Å². The van der Waals surface area contributed by atoms with Crippen LogP contribution in [0.4, 0.5) is 11.4 Å². The Kier molecular flexibility index (Phi) is 9.81. The van der Waals surface area contributed by atoms with Gasteiger partial charge in [0.1, 0.15) is 5.82 Å². The van der Waals surface area contributed by atoms with Crippen molar-refractivity contribution in [3.05, 3.63) is 186 Å². The van der Waals surface area contributed by atoms with Gasteiger partial charge in [-0.2, -0.15) is 0 Å². The van der Waals surface area contributed by atoms with Crippen molar-refractivity contribution in [1.29, 1.82) is 0 Å². The molecule has 5 aromatic carbocycles. The summed E-state index contributed by atoms with van der Waals surface area (Å²) < 4.78 is 2.29. The van der Waals surface area contributed by atoms with E-state index in [0.717, 1.165) is 57.0 Å². The van der Waals surface area contributed by atoms with Crippen LogP contribution in [0.3, 0.4) is 0 Å². The maximum Gasteiger partial charge on any atom is 0.145 e. The molecule has 7 rings (SSSR count). The van der Waals surface area contributed by atoms with Gasteiger partial charge in [0.15, 0.2) is 0 Å². The third kappa shape index (κ3) is 7.07. The van der Waals surface area contributed by atoms with E-state index < -0.39 is 0 Å². The molecule has 3 heteroatoms. The number of allylic oxidation sites excluding steroid dienone is 7. The van der Waals surface area contributed by atoms with Crippen molar-refractivity contribution in [2.75, 3.05) is 11.4 Å². The third-order valence-corrected chi connectivity index (χ3v) is 9.71. The van der Waals surface area contributed by atoms with E-state index >= 15 is 0 Å². The van der Waals surface area contributed by atoms with Crippen LogP contribution < -0.4 is 4.90 Å². The highest BCUT2D eigenvalue weighted by molar-refractivity contribution is 5.88. The normalized spacial score (nSPS) is 15.0. The molecule has 6 aromatic rings. The first-order chi connectivity index (χ1) is 24.9. The summed E-state index contributed by atoms with van der Waals surface area (Å²) in [4.78, 5) is 7.72. The maximum atomic E-state index is 5.31. The van der Waals surface area contributed by atoms with E-state index in [4.69, 9.17) is 4.98 Å². The number of rotatable bonds is 8. The highest BCUT2D eigenvalue weighted by Gasteiger charge is 2.20. The second-order valence-corrected chi connectivity index (χ2v) is 13.5. The number of fused-ring (bicyclic) bond motifs is 2. The lowest BCUT2D eigenvalue weighted by atomic mass is 9.92. The van der Waals surface area contributed by atoms with E-state index in [1.807, 2.05) is 0 Å². The van der Waals surface area contributed by atoms with Gasteiger partial charge >= 0.3 is 0 Å². The highest BCUT2D eigenvalue weighted by atomic mass is 15.1. The molecular formula is C48H45N3. The van der Waals surface area contributed by atoms with Crippen molar-refractivity contribution in [2.45, 2.75) is 34.1 Å². The molecule has 0 radical (unpaired) electrons. The summed E-state index contributed by atoms with van der Waals surface area (Å²) >= 11 is 0. The number of aryl methyl sites for hydroxylation is 1. The van der Waals surface area contributed by atoms with Crippen LogP contribution >= 0.6 is 0 Å². The van der Waals surface area contributed by atoms with Gasteiger partial charge in [-0.1, -0.05) is 137 Å². The van der Waals surface area contributed by atoms with Crippen LogP contribution in [0.2, 0.25) is 0 Å². The van der Waals surface area contributed by atoms with Gasteiger partial charge in [-0.3, -0.25) is 4.57 Å². The Morgan fingerprint density at radius 3 is 2.37 bits per heavy atom. The van der Waals surface area contributed by atoms with Crippen LogP contribution in [0.5, 0.6) is 0 Å². The monoisotopic (exact) mass is 663 g/mol. The fourth-order valence-electron chi connectivity index (χ4n) is 6.86. The SMILES string of the molecule is C=C1/C=C\C=C/CN(c2cc(/C(=C/C(=C/c3ccccc3C)C(C)C)CC)cc(-c3nc4ccccc4n3-c3ccccc3)c2)c2ccccc21. The number of nitrogens with zero attached hydrogens (tertiary/aromatic N) is 3. The summed E-state index contributed by atoms with van der Waals surface area (Å²) in [6.07, 6.45) is 14.2. The van der Waals surface area contributed by atoms with Gasteiger partial charge in [-0.25, -0.2) is 4.98 Å². The van der Waals surface area contributed by atoms with Crippen LogP contribution in [0, 0.1) is 12.8 Å². The summed E-state index contributed by atoms with van der Waals surface area (Å²) in [5.74, 6) is 1.27. The number of aromatic nitrogens is 2. The molecule has 0 atom stereocenters. The van der Waals surface area contributed by atoms with E-state index in [1.54, 1.807) is 0 Å². The maximum absolute atomic E-state index is 5.31. The highest BCUT2D eigenvalue weighted by Crippen LogP contribution is 2.39. The topological polar surface area (TPSA) is 21.1 Å². The minimum absolute atomic E-state index is 0.352. The summed E-state index contributed by atoms with van der Waals surface area (Å²) in [7, 11) is 0. The van der Waals surface area contributed by atoms with Gasteiger partial charge in [-0.15, -0.1) is 0 Å². The van der Waals surface area contributed by atoms with E-state index in [1.165, 1.54) is 27.8 Å². The molecule has 0 amide bonds.